The van der Waals surface area contributed by atoms with Gasteiger partial charge in [-0.05, 0) is 73.4 Å². The number of halogens is 1. The van der Waals surface area contributed by atoms with E-state index in [0.29, 0.717) is 18.7 Å². The van der Waals surface area contributed by atoms with Crippen LogP contribution in [0, 0.1) is 13.8 Å². The maximum atomic E-state index is 13.0. The lowest BCUT2D eigenvalue weighted by molar-refractivity contribution is 0.0954. The lowest BCUT2D eigenvalue weighted by Gasteiger charge is -2.13. The molecule has 0 aliphatic heterocycles. The Morgan fingerprint density at radius 1 is 1.00 bits per heavy atom. The maximum absolute atomic E-state index is 13.0. The Kier molecular flexibility index (Phi) is 7.43. The van der Waals surface area contributed by atoms with Crippen molar-refractivity contribution in [2.45, 2.75) is 25.2 Å². The van der Waals surface area contributed by atoms with Gasteiger partial charge in [0.1, 0.15) is 10.6 Å². The number of amides is 1. The van der Waals surface area contributed by atoms with E-state index in [9.17, 15) is 13.2 Å². The van der Waals surface area contributed by atoms with Crippen molar-refractivity contribution in [1.82, 2.24) is 5.32 Å². The van der Waals surface area contributed by atoms with Crippen LogP contribution in [0.1, 0.15) is 27.0 Å². The molecule has 0 aliphatic rings. The smallest absolute Gasteiger partial charge is 0.263 e. The number of methoxy groups -OCH3 is 1. The number of benzene rings is 3. The molecule has 8 heteroatoms. The quantitative estimate of drug-likeness (QED) is 0.496. The topological polar surface area (TPSA) is 84.5 Å². The third-order valence-electron chi connectivity index (χ3n) is 4.98. The molecule has 6 nitrogen and oxygen atoms in total. The molecule has 3 rings (SSSR count). The fourth-order valence-electron chi connectivity index (χ4n) is 3.11. The summed E-state index contributed by atoms with van der Waals surface area (Å²) in [6, 6.07) is 17.3. The lowest BCUT2D eigenvalue weighted by atomic mass is 10.1. The van der Waals surface area contributed by atoms with Crippen molar-refractivity contribution in [2.75, 3.05) is 18.4 Å². The van der Waals surface area contributed by atoms with Crippen molar-refractivity contribution in [1.29, 1.82) is 0 Å². The molecule has 0 fully saturated rings. The molecule has 0 saturated heterocycles. The summed E-state index contributed by atoms with van der Waals surface area (Å²) in [7, 11) is -2.38. The highest BCUT2D eigenvalue weighted by molar-refractivity contribution is 7.92. The highest BCUT2D eigenvalue weighted by Gasteiger charge is 2.21. The molecule has 32 heavy (non-hydrogen) atoms. The van der Waals surface area contributed by atoms with Crippen molar-refractivity contribution in [3.05, 3.63) is 87.9 Å². The monoisotopic (exact) mass is 472 g/mol. The first-order valence-corrected chi connectivity index (χ1v) is 11.9. The zero-order valence-corrected chi connectivity index (χ0v) is 19.7. The van der Waals surface area contributed by atoms with E-state index in [1.807, 2.05) is 50.2 Å². The first-order chi connectivity index (χ1) is 15.2. The lowest BCUT2D eigenvalue weighted by Crippen LogP contribution is -2.26. The minimum atomic E-state index is -3.98. The van der Waals surface area contributed by atoms with Gasteiger partial charge in [0.2, 0.25) is 0 Å². The predicted molar refractivity (Wildman–Crippen MR) is 127 cm³/mol. The number of carbonyl (C=O) groups excluding carboxylic acids is 1. The fourth-order valence-corrected chi connectivity index (χ4v) is 4.76. The summed E-state index contributed by atoms with van der Waals surface area (Å²) < 4.78 is 33.7. The van der Waals surface area contributed by atoms with Crippen LogP contribution in [0.3, 0.4) is 0 Å². The molecule has 0 unspecified atom stereocenters. The van der Waals surface area contributed by atoms with E-state index >= 15 is 0 Å². The highest BCUT2D eigenvalue weighted by atomic mass is 35.5. The second kappa shape index (κ2) is 10.1. The van der Waals surface area contributed by atoms with Crippen molar-refractivity contribution in [3.8, 4) is 5.75 Å². The van der Waals surface area contributed by atoms with Crippen LogP contribution in [0.4, 0.5) is 5.69 Å². The van der Waals surface area contributed by atoms with E-state index in [1.165, 1.54) is 18.2 Å². The van der Waals surface area contributed by atoms with Crippen molar-refractivity contribution in [3.63, 3.8) is 0 Å². The Bertz CT molecular complexity index is 1230. The number of rotatable bonds is 8. The van der Waals surface area contributed by atoms with Gasteiger partial charge in [0.05, 0.1) is 17.8 Å². The van der Waals surface area contributed by atoms with E-state index in [-0.39, 0.29) is 21.4 Å². The molecule has 0 saturated carbocycles. The fraction of sp³-hybridized carbons (Fsp3) is 0.208. The number of aryl methyl sites for hydroxylation is 2. The van der Waals surface area contributed by atoms with Crippen LogP contribution in [-0.2, 0) is 16.4 Å². The van der Waals surface area contributed by atoms with E-state index in [2.05, 4.69) is 10.0 Å². The average molecular weight is 473 g/mol. The van der Waals surface area contributed by atoms with Gasteiger partial charge in [-0.15, -0.1) is 0 Å². The highest BCUT2D eigenvalue weighted by Crippen LogP contribution is 2.27. The summed E-state index contributed by atoms with van der Waals surface area (Å²) in [5.41, 5.74) is 3.43. The Hall–Kier alpha value is -3.03. The second-order valence-corrected chi connectivity index (χ2v) is 9.48. The zero-order valence-electron chi connectivity index (χ0n) is 18.1. The molecule has 1 amide bonds. The minimum Gasteiger partial charge on any atom is -0.497 e. The minimum absolute atomic E-state index is 0.0394. The SMILES string of the molecule is COc1ccc(CCNC(=O)c2ccc(Cl)c(S(=O)(=O)Nc3cc(C)ccc3C)c2)cc1. The van der Waals surface area contributed by atoms with Gasteiger partial charge in [0, 0.05) is 12.1 Å². The Labute approximate surface area is 193 Å². The molecule has 3 aromatic carbocycles. The maximum Gasteiger partial charge on any atom is 0.263 e. The van der Waals surface area contributed by atoms with Gasteiger partial charge < -0.3 is 10.1 Å². The number of ether oxygens (including phenoxy) is 1. The predicted octanol–water partition coefficient (Wildman–Crippen LogP) is 4.74. The van der Waals surface area contributed by atoms with Crippen LogP contribution in [0.15, 0.2) is 65.6 Å². The zero-order chi connectivity index (χ0) is 23.3. The molecule has 2 N–H and O–H groups in total. The number of anilines is 1. The molecule has 0 atom stereocenters. The molecule has 3 aromatic rings. The summed E-state index contributed by atoms with van der Waals surface area (Å²) in [5, 5.41) is 2.85. The third-order valence-corrected chi connectivity index (χ3v) is 6.83. The van der Waals surface area contributed by atoms with Crippen molar-refractivity contribution >= 4 is 33.2 Å². The molecule has 0 spiro atoms. The number of hydrogen-bond donors (Lipinski definition) is 2. The number of carbonyl (C=O) groups is 1. The van der Waals surface area contributed by atoms with Crippen LogP contribution in [-0.4, -0.2) is 28.0 Å². The molecule has 0 bridgehead atoms. The van der Waals surface area contributed by atoms with E-state index < -0.39 is 10.0 Å². The van der Waals surface area contributed by atoms with Gasteiger partial charge in [-0.1, -0.05) is 35.9 Å². The van der Waals surface area contributed by atoms with Crippen molar-refractivity contribution in [2.24, 2.45) is 0 Å². The molecule has 0 radical (unpaired) electrons. The summed E-state index contributed by atoms with van der Waals surface area (Å²) >= 11 is 6.17. The molecule has 0 aliphatic carbocycles. The number of sulfonamides is 1. The normalized spacial score (nSPS) is 11.1. The van der Waals surface area contributed by atoms with Gasteiger partial charge >= 0.3 is 0 Å². The largest absolute Gasteiger partial charge is 0.497 e. The summed E-state index contributed by atoms with van der Waals surface area (Å²) in [5.74, 6) is 0.389. The van der Waals surface area contributed by atoms with Gasteiger partial charge in [-0.2, -0.15) is 0 Å². The molecule has 0 aromatic heterocycles. The molecular formula is C24H25ClN2O4S. The van der Waals surface area contributed by atoms with Gasteiger partial charge in [-0.25, -0.2) is 8.42 Å². The van der Waals surface area contributed by atoms with E-state index in [0.717, 1.165) is 22.4 Å². The Morgan fingerprint density at radius 3 is 2.41 bits per heavy atom. The average Bonchev–Trinajstić information content (AvgIpc) is 2.76. The number of hydrogen-bond acceptors (Lipinski definition) is 4. The van der Waals surface area contributed by atoms with Gasteiger partial charge in [-0.3, -0.25) is 9.52 Å². The van der Waals surface area contributed by atoms with Gasteiger partial charge in [0.15, 0.2) is 0 Å². The van der Waals surface area contributed by atoms with Crippen molar-refractivity contribution < 1.29 is 17.9 Å². The van der Waals surface area contributed by atoms with Crippen LogP contribution >= 0.6 is 11.6 Å². The van der Waals surface area contributed by atoms with E-state index in [1.54, 1.807) is 13.2 Å². The first kappa shape index (κ1) is 23.6. The standard InChI is InChI=1S/C24H25ClN2O4S/c1-16-4-5-17(2)22(14-16)27-32(29,30)23-15-19(8-11-21(23)25)24(28)26-13-12-18-6-9-20(31-3)10-7-18/h4-11,14-15,27H,12-13H2,1-3H3,(H,26,28). The van der Waals surface area contributed by atoms with Gasteiger partial charge in [0.25, 0.3) is 15.9 Å². The van der Waals surface area contributed by atoms with E-state index in [4.69, 9.17) is 16.3 Å². The summed E-state index contributed by atoms with van der Waals surface area (Å²) in [6.45, 7) is 4.09. The van der Waals surface area contributed by atoms with Crippen LogP contribution in [0.5, 0.6) is 5.75 Å². The molecule has 168 valence electrons. The Morgan fingerprint density at radius 2 is 1.72 bits per heavy atom. The summed E-state index contributed by atoms with van der Waals surface area (Å²) in [6.07, 6.45) is 0.628. The third kappa shape index (κ3) is 5.81. The van der Waals surface area contributed by atoms with Crippen LogP contribution in [0.25, 0.3) is 0 Å². The summed E-state index contributed by atoms with van der Waals surface area (Å²) in [4.78, 5) is 12.4. The molecular weight excluding hydrogens is 448 g/mol. The first-order valence-electron chi connectivity index (χ1n) is 10.0. The van der Waals surface area contributed by atoms with Crippen LogP contribution < -0.4 is 14.8 Å². The second-order valence-electron chi connectivity index (χ2n) is 7.42. The number of nitrogens with one attached hydrogen (secondary N) is 2. The Balaban J connectivity index is 1.72. The molecule has 0 heterocycles. The van der Waals surface area contributed by atoms with Crippen LogP contribution in [0.2, 0.25) is 5.02 Å².